The van der Waals surface area contributed by atoms with Crippen LogP contribution in [0.15, 0.2) is 18.2 Å². The zero-order valence-corrected chi connectivity index (χ0v) is 14.8. The number of carbonyl (C=O) groups excluding carboxylic acids is 2. The molecule has 0 heterocycles. The second-order valence-electron chi connectivity index (χ2n) is 5.95. The molecule has 3 amide bonds. The van der Waals surface area contributed by atoms with Gasteiger partial charge in [0, 0.05) is 36.1 Å². The van der Waals surface area contributed by atoms with Crippen LogP contribution in [-0.4, -0.2) is 32.1 Å². The Morgan fingerprint density at radius 3 is 2.58 bits per heavy atom. The first-order chi connectivity index (χ1) is 11.5. The van der Waals surface area contributed by atoms with Crippen LogP contribution in [0.2, 0.25) is 5.02 Å². The SMILES string of the molecule is CNC(=O)C1CCC(NC(=O)NCc2ccc(Cl)cc2OC)CC1. The Bertz CT molecular complexity index is 586. The number of halogens is 1. The summed E-state index contributed by atoms with van der Waals surface area (Å²) in [5.41, 5.74) is 0.861. The molecular weight excluding hydrogens is 330 g/mol. The molecule has 1 aromatic carbocycles. The minimum atomic E-state index is -0.213. The lowest BCUT2D eigenvalue weighted by atomic mass is 9.85. The van der Waals surface area contributed by atoms with Crippen molar-refractivity contribution in [1.29, 1.82) is 0 Å². The summed E-state index contributed by atoms with van der Waals surface area (Å²) in [6, 6.07) is 5.21. The van der Waals surface area contributed by atoms with Gasteiger partial charge in [-0.05, 0) is 37.8 Å². The molecule has 1 aliphatic rings. The Morgan fingerprint density at radius 1 is 1.25 bits per heavy atom. The molecule has 0 saturated heterocycles. The molecule has 0 atom stereocenters. The summed E-state index contributed by atoms with van der Waals surface area (Å²) in [5.74, 6) is 0.802. The number of nitrogens with one attached hydrogen (secondary N) is 3. The van der Waals surface area contributed by atoms with Crippen LogP contribution in [-0.2, 0) is 11.3 Å². The molecule has 0 radical (unpaired) electrons. The highest BCUT2D eigenvalue weighted by Crippen LogP contribution is 2.25. The number of methoxy groups -OCH3 is 1. The normalized spacial score (nSPS) is 20.1. The van der Waals surface area contributed by atoms with Crippen molar-refractivity contribution in [3.05, 3.63) is 28.8 Å². The number of carbonyl (C=O) groups is 2. The lowest BCUT2D eigenvalue weighted by Gasteiger charge is -2.28. The monoisotopic (exact) mass is 353 g/mol. The number of ether oxygens (including phenoxy) is 1. The quantitative estimate of drug-likeness (QED) is 0.760. The third-order valence-electron chi connectivity index (χ3n) is 4.37. The fraction of sp³-hybridized carbons (Fsp3) is 0.529. The summed E-state index contributed by atoms with van der Waals surface area (Å²) >= 11 is 5.92. The predicted octanol–water partition coefficient (Wildman–Crippen LogP) is 2.45. The van der Waals surface area contributed by atoms with Crippen LogP contribution in [0.4, 0.5) is 4.79 Å². The van der Waals surface area contributed by atoms with E-state index in [0.29, 0.717) is 17.3 Å². The van der Waals surface area contributed by atoms with E-state index in [-0.39, 0.29) is 23.9 Å². The molecule has 0 unspecified atom stereocenters. The highest BCUT2D eigenvalue weighted by molar-refractivity contribution is 6.30. The maximum Gasteiger partial charge on any atom is 0.315 e. The molecule has 1 aliphatic carbocycles. The molecule has 0 bridgehead atoms. The van der Waals surface area contributed by atoms with Gasteiger partial charge in [0.1, 0.15) is 5.75 Å². The zero-order valence-electron chi connectivity index (χ0n) is 14.0. The van der Waals surface area contributed by atoms with Crippen molar-refractivity contribution in [3.63, 3.8) is 0 Å². The van der Waals surface area contributed by atoms with Gasteiger partial charge in [-0.25, -0.2) is 4.79 Å². The highest BCUT2D eigenvalue weighted by atomic mass is 35.5. The molecule has 3 N–H and O–H groups in total. The maximum atomic E-state index is 12.1. The summed E-state index contributed by atoms with van der Waals surface area (Å²) in [7, 11) is 3.23. The number of amides is 3. The van der Waals surface area contributed by atoms with Gasteiger partial charge in [0.15, 0.2) is 0 Å². The van der Waals surface area contributed by atoms with Gasteiger partial charge in [-0.1, -0.05) is 17.7 Å². The standard InChI is InChI=1S/C17H24ClN3O3/c1-19-16(22)11-4-7-14(8-5-11)21-17(23)20-10-12-3-6-13(18)9-15(12)24-2/h3,6,9,11,14H,4-5,7-8,10H2,1-2H3,(H,19,22)(H2,20,21,23). The third-order valence-corrected chi connectivity index (χ3v) is 4.60. The van der Waals surface area contributed by atoms with E-state index in [0.717, 1.165) is 31.2 Å². The van der Waals surface area contributed by atoms with Crippen molar-refractivity contribution >= 4 is 23.5 Å². The number of hydrogen-bond donors (Lipinski definition) is 3. The Balaban J connectivity index is 1.77. The second kappa shape index (κ2) is 8.78. The van der Waals surface area contributed by atoms with Crippen molar-refractivity contribution in [2.45, 2.75) is 38.3 Å². The fourth-order valence-electron chi connectivity index (χ4n) is 2.98. The summed E-state index contributed by atoms with van der Waals surface area (Å²) in [5, 5.41) is 9.07. The van der Waals surface area contributed by atoms with Crippen LogP contribution in [0.5, 0.6) is 5.75 Å². The Hall–Kier alpha value is -1.95. The van der Waals surface area contributed by atoms with Crippen LogP contribution in [0.1, 0.15) is 31.2 Å². The van der Waals surface area contributed by atoms with Gasteiger partial charge in [0.2, 0.25) is 5.91 Å². The van der Waals surface area contributed by atoms with Gasteiger partial charge in [-0.2, -0.15) is 0 Å². The molecule has 24 heavy (non-hydrogen) atoms. The highest BCUT2D eigenvalue weighted by Gasteiger charge is 2.26. The average molecular weight is 354 g/mol. The van der Waals surface area contributed by atoms with E-state index in [1.54, 1.807) is 26.3 Å². The minimum absolute atomic E-state index is 0.0643. The van der Waals surface area contributed by atoms with Gasteiger partial charge in [-0.15, -0.1) is 0 Å². The van der Waals surface area contributed by atoms with Crippen LogP contribution >= 0.6 is 11.6 Å². The Morgan fingerprint density at radius 2 is 1.96 bits per heavy atom. The van der Waals surface area contributed by atoms with Gasteiger partial charge in [0.05, 0.1) is 7.11 Å². The molecule has 2 rings (SSSR count). The van der Waals surface area contributed by atoms with Crippen LogP contribution in [0.25, 0.3) is 0 Å². The van der Waals surface area contributed by atoms with Gasteiger partial charge in [-0.3, -0.25) is 4.79 Å². The number of hydrogen-bond acceptors (Lipinski definition) is 3. The van der Waals surface area contributed by atoms with Crippen molar-refractivity contribution in [2.75, 3.05) is 14.2 Å². The lowest BCUT2D eigenvalue weighted by molar-refractivity contribution is -0.125. The van der Waals surface area contributed by atoms with Crippen molar-refractivity contribution in [1.82, 2.24) is 16.0 Å². The first kappa shape index (κ1) is 18.4. The van der Waals surface area contributed by atoms with Crippen molar-refractivity contribution < 1.29 is 14.3 Å². The Labute approximate surface area is 147 Å². The van der Waals surface area contributed by atoms with Crippen molar-refractivity contribution in [3.8, 4) is 5.75 Å². The minimum Gasteiger partial charge on any atom is -0.496 e. The molecule has 132 valence electrons. The van der Waals surface area contributed by atoms with E-state index >= 15 is 0 Å². The lowest BCUT2D eigenvalue weighted by Crippen LogP contribution is -2.44. The molecule has 0 aromatic heterocycles. The first-order valence-electron chi connectivity index (χ1n) is 8.12. The van der Waals surface area contributed by atoms with E-state index in [1.165, 1.54) is 0 Å². The van der Waals surface area contributed by atoms with E-state index in [2.05, 4.69) is 16.0 Å². The van der Waals surface area contributed by atoms with Crippen LogP contribution in [0.3, 0.4) is 0 Å². The second-order valence-corrected chi connectivity index (χ2v) is 6.38. The smallest absolute Gasteiger partial charge is 0.315 e. The molecule has 7 heteroatoms. The largest absolute Gasteiger partial charge is 0.496 e. The van der Waals surface area contributed by atoms with Gasteiger partial charge < -0.3 is 20.7 Å². The van der Waals surface area contributed by atoms with Gasteiger partial charge in [0.25, 0.3) is 0 Å². The molecule has 1 saturated carbocycles. The molecule has 0 aliphatic heterocycles. The summed E-state index contributed by atoms with van der Waals surface area (Å²) in [4.78, 5) is 23.7. The van der Waals surface area contributed by atoms with E-state index < -0.39 is 0 Å². The average Bonchev–Trinajstić information content (AvgIpc) is 2.60. The number of urea groups is 1. The van der Waals surface area contributed by atoms with E-state index in [4.69, 9.17) is 16.3 Å². The predicted molar refractivity (Wildman–Crippen MR) is 93.2 cm³/mol. The van der Waals surface area contributed by atoms with Crippen molar-refractivity contribution in [2.24, 2.45) is 5.92 Å². The van der Waals surface area contributed by atoms with E-state index in [9.17, 15) is 9.59 Å². The molecule has 0 spiro atoms. The van der Waals surface area contributed by atoms with E-state index in [1.807, 2.05) is 6.07 Å². The number of rotatable bonds is 5. The van der Waals surface area contributed by atoms with Crippen LogP contribution in [0, 0.1) is 5.92 Å². The molecule has 1 aromatic rings. The number of benzene rings is 1. The Kier molecular flexibility index (Phi) is 6.73. The molecular formula is C17H24ClN3O3. The first-order valence-corrected chi connectivity index (χ1v) is 8.49. The summed E-state index contributed by atoms with van der Waals surface area (Å²) in [6.45, 7) is 0.361. The summed E-state index contributed by atoms with van der Waals surface area (Å²) in [6.07, 6.45) is 3.23. The van der Waals surface area contributed by atoms with Crippen LogP contribution < -0.4 is 20.7 Å². The maximum absolute atomic E-state index is 12.1. The summed E-state index contributed by atoms with van der Waals surface area (Å²) < 4.78 is 5.26. The topological polar surface area (TPSA) is 79.5 Å². The zero-order chi connectivity index (χ0) is 17.5. The van der Waals surface area contributed by atoms with Gasteiger partial charge >= 0.3 is 6.03 Å². The fourth-order valence-corrected chi connectivity index (χ4v) is 3.14. The third kappa shape index (κ3) is 5.03. The molecule has 1 fully saturated rings. The molecule has 6 nitrogen and oxygen atoms in total.